The zero-order valence-corrected chi connectivity index (χ0v) is 24.7. The van der Waals surface area contributed by atoms with Crippen LogP contribution in [0.25, 0.3) is 11.4 Å². The maximum absolute atomic E-state index is 12.9. The summed E-state index contributed by atoms with van der Waals surface area (Å²) in [4.78, 5) is 39.7. The molecule has 0 atom stereocenters. The van der Waals surface area contributed by atoms with Crippen molar-refractivity contribution in [1.82, 2.24) is 19.7 Å². The number of anilines is 1. The lowest BCUT2D eigenvalue weighted by atomic mass is 10.1. The molecule has 39 heavy (non-hydrogen) atoms. The molecule has 0 unspecified atom stereocenters. The van der Waals surface area contributed by atoms with Crippen LogP contribution in [-0.2, 0) is 16.1 Å². The minimum Gasteiger partial charge on any atom is -0.493 e. The zero-order chi connectivity index (χ0) is 28.9. The van der Waals surface area contributed by atoms with E-state index >= 15 is 0 Å². The summed E-state index contributed by atoms with van der Waals surface area (Å²) in [5, 5.41) is 12.1. The lowest BCUT2D eigenvalue weighted by molar-refractivity contribution is -0.113. The summed E-state index contributed by atoms with van der Waals surface area (Å²) < 4.78 is 23.1. The highest BCUT2D eigenvalue weighted by molar-refractivity contribution is 7.99. The second-order valence-corrected chi connectivity index (χ2v) is 10.2. The van der Waals surface area contributed by atoms with E-state index in [-0.39, 0.29) is 28.1 Å². The Morgan fingerprint density at radius 2 is 1.69 bits per heavy atom. The molecule has 210 valence electrons. The van der Waals surface area contributed by atoms with E-state index in [1.165, 1.54) is 45.1 Å². The number of rotatable bonds is 11. The van der Waals surface area contributed by atoms with Gasteiger partial charge in [0.1, 0.15) is 5.00 Å². The van der Waals surface area contributed by atoms with Gasteiger partial charge in [0, 0.05) is 26.2 Å². The van der Waals surface area contributed by atoms with Crippen LogP contribution in [0.1, 0.15) is 32.5 Å². The van der Waals surface area contributed by atoms with Crippen molar-refractivity contribution >= 4 is 45.9 Å². The summed E-state index contributed by atoms with van der Waals surface area (Å²) >= 11 is 2.22. The van der Waals surface area contributed by atoms with Crippen molar-refractivity contribution in [3.8, 4) is 28.6 Å². The molecule has 0 bridgehead atoms. The largest absolute Gasteiger partial charge is 0.493 e. The highest BCUT2D eigenvalue weighted by Crippen LogP contribution is 2.41. The number of carbonyl (C=O) groups excluding carboxylic acids is 3. The van der Waals surface area contributed by atoms with Gasteiger partial charge in [-0.2, -0.15) is 0 Å². The fourth-order valence-corrected chi connectivity index (χ4v) is 5.79. The normalized spacial score (nSPS) is 10.7. The van der Waals surface area contributed by atoms with Gasteiger partial charge in [-0.1, -0.05) is 11.8 Å². The van der Waals surface area contributed by atoms with E-state index in [9.17, 15) is 14.4 Å². The summed E-state index contributed by atoms with van der Waals surface area (Å²) in [6.45, 7) is 4.13. The van der Waals surface area contributed by atoms with E-state index in [1.807, 2.05) is 11.5 Å². The number of benzene rings is 1. The molecule has 0 radical (unpaired) electrons. The second kappa shape index (κ2) is 12.8. The van der Waals surface area contributed by atoms with E-state index in [4.69, 9.17) is 18.9 Å². The van der Waals surface area contributed by atoms with Gasteiger partial charge in [0.2, 0.25) is 11.7 Å². The first-order chi connectivity index (χ1) is 18.6. The first-order valence-corrected chi connectivity index (χ1v) is 13.5. The number of ether oxygens (including phenoxy) is 4. The predicted octanol–water partition coefficient (Wildman–Crippen LogP) is 3.58. The Bertz CT molecular complexity index is 1360. The summed E-state index contributed by atoms with van der Waals surface area (Å²) in [6.07, 6.45) is 0. The summed E-state index contributed by atoms with van der Waals surface area (Å²) in [5.74, 6) is 0.684. The van der Waals surface area contributed by atoms with Gasteiger partial charge in [-0.05, 0) is 31.5 Å². The van der Waals surface area contributed by atoms with Crippen LogP contribution in [0.3, 0.4) is 0 Å². The Hall–Kier alpha value is -3.78. The molecule has 14 heteroatoms. The zero-order valence-electron chi connectivity index (χ0n) is 23.0. The Morgan fingerprint density at radius 1 is 1.05 bits per heavy atom. The molecule has 3 rings (SSSR count). The molecule has 0 saturated carbocycles. The molecule has 12 nitrogen and oxygen atoms in total. The quantitative estimate of drug-likeness (QED) is 0.266. The van der Waals surface area contributed by atoms with Crippen molar-refractivity contribution < 1.29 is 33.3 Å². The number of methoxy groups -OCH3 is 4. The molecular weight excluding hydrogens is 546 g/mol. The maximum Gasteiger partial charge on any atom is 0.341 e. The topological polar surface area (TPSA) is 134 Å². The Kier molecular flexibility index (Phi) is 9.81. The van der Waals surface area contributed by atoms with Crippen LogP contribution < -0.4 is 19.5 Å². The van der Waals surface area contributed by atoms with Gasteiger partial charge in [0.05, 0.1) is 44.6 Å². The van der Waals surface area contributed by atoms with Crippen LogP contribution in [0.2, 0.25) is 0 Å². The van der Waals surface area contributed by atoms with Crippen LogP contribution in [0.15, 0.2) is 17.3 Å². The SMILES string of the molecule is CCn1c(SCC(=O)Nc2sc(C(=O)N(C)C)c(C)c2C(=O)OC)nnc1-c1cc(OC)c(OC)c(OC)c1. The summed E-state index contributed by atoms with van der Waals surface area (Å²) in [7, 11) is 9.07. The third kappa shape index (κ3) is 6.11. The molecule has 3 aromatic rings. The van der Waals surface area contributed by atoms with Crippen molar-refractivity contribution in [2.75, 3.05) is 53.6 Å². The molecule has 0 aliphatic carbocycles. The van der Waals surface area contributed by atoms with E-state index < -0.39 is 5.97 Å². The van der Waals surface area contributed by atoms with E-state index in [2.05, 4.69) is 15.5 Å². The van der Waals surface area contributed by atoms with Crippen LogP contribution in [0, 0.1) is 6.92 Å². The van der Waals surface area contributed by atoms with Crippen molar-refractivity contribution in [3.63, 3.8) is 0 Å². The molecular formula is C25H31N5O7S2. The smallest absolute Gasteiger partial charge is 0.341 e. The number of thioether (sulfide) groups is 1. The first kappa shape index (κ1) is 29.8. The number of amides is 2. The lowest BCUT2D eigenvalue weighted by Crippen LogP contribution is -2.21. The number of aromatic nitrogens is 3. The number of hydrogen-bond acceptors (Lipinski definition) is 11. The molecule has 0 spiro atoms. The fourth-order valence-electron chi connectivity index (χ4n) is 3.75. The first-order valence-electron chi connectivity index (χ1n) is 11.7. The summed E-state index contributed by atoms with van der Waals surface area (Å²) in [5.41, 5.74) is 1.31. The molecule has 0 saturated heterocycles. The van der Waals surface area contributed by atoms with E-state index in [0.29, 0.717) is 50.8 Å². The molecule has 1 N–H and O–H groups in total. The van der Waals surface area contributed by atoms with Crippen molar-refractivity contribution in [2.24, 2.45) is 0 Å². The van der Waals surface area contributed by atoms with E-state index in [1.54, 1.807) is 33.2 Å². The number of thiophene rings is 1. The molecule has 2 amide bonds. The fraction of sp³-hybridized carbons (Fsp3) is 0.400. The minimum atomic E-state index is -0.634. The number of nitrogens with zero attached hydrogens (tertiary/aromatic N) is 4. The standard InChI is InChI=1S/C25H31N5O7S2/c1-9-30-21(14-10-15(34-5)19(36-7)16(11-14)35-6)27-28-25(30)38-12-17(31)26-22-18(24(33)37-8)13(2)20(39-22)23(32)29(3)4/h10-11H,9,12H2,1-8H3,(H,26,31). The average molecular weight is 578 g/mol. The van der Waals surface area contributed by atoms with Gasteiger partial charge >= 0.3 is 5.97 Å². The molecule has 0 aliphatic heterocycles. The van der Waals surface area contributed by atoms with Crippen LogP contribution >= 0.6 is 23.1 Å². The second-order valence-electron chi connectivity index (χ2n) is 8.25. The molecule has 2 aromatic heterocycles. The third-order valence-corrected chi connectivity index (χ3v) is 7.84. The van der Waals surface area contributed by atoms with Crippen LogP contribution in [0.5, 0.6) is 17.2 Å². The minimum absolute atomic E-state index is 0.0120. The highest BCUT2D eigenvalue weighted by atomic mass is 32.2. The van der Waals surface area contributed by atoms with Crippen LogP contribution in [0.4, 0.5) is 5.00 Å². The number of esters is 1. The maximum atomic E-state index is 12.9. The Morgan fingerprint density at radius 3 is 2.21 bits per heavy atom. The number of nitrogens with one attached hydrogen (secondary N) is 1. The van der Waals surface area contributed by atoms with Crippen molar-refractivity contribution in [3.05, 3.63) is 28.1 Å². The van der Waals surface area contributed by atoms with Gasteiger partial charge in [-0.25, -0.2) is 4.79 Å². The molecule has 0 fully saturated rings. The van der Waals surface area contributed by atoms with Gasteiger partial charge in [0.25, 0.3) is 5.91 Å². The van der Waals surface area contributed by atoms with Crippen molar-refractivity contribution in [2.45, 2.75) is 25.5 Å². The average Bonchev–Trinajstić information content (AvgIpc) is 3.49. The molecule has 0 aliphatic rings. The van der Waals surface area contributed by atoms with Gasteiger partial charge in [-0.3, -0.25) is 9.59 Å². The molecule has 1 aromatic carbocycles. The lowest BCUT2D eigenvalue weighted by Gasteiger charge is -2.14. The number of hydrogen-bond donors (Lipinski definition) is 1. The Balaban J connectivity index is 1.84. The van der Waals surface area contributed by atoms with Crippen LogP contribution in [-0.4, -0.2) is 85.7 Å². The van der Waals surface area contributed by atoms with Crippen molar-refractivity contribution in [1.29, 1.82) is 0 Å². The summed E-state index contributed by atoms with van der Waals surface area (Å²) in [6, 6.07) is 3.55. The highest BCUT2D eigenvalue weighted by Gasteiger charge is 2.27. The van der Waals surface area contributed by atoms with Gasteiger partial charge < -0.3 is 33.7 Å². The number of carbonyl (C=O) groups is 3. The van der Waals surface area contributed by atoms with Gasteiger partial charge in [-0.15, -0.1) is 21.5 Å². The van der Waals surface area contributed by atoms with Gasteiger partial charge in [0.15, 0.2) is 22.5 Å². The Labute approximate surface area is 234 Å². The monoisotopic (exact) mass is 577 g/mol. The molecule has 2 heterocycles. The third-order valence-electron chi connectivity index (χ3n) is 5.68. The van der Waals surface area contributed by atoms with E-state index in [0.717, 1.165) is 11.3 Å². The predicted molar refractivity (Wildman–Crippen MR) is 149 cm³/mol.